The van der Waals surface area contributed by atoms with Crippen LogP contribution in [0.25, 0.3) is 0 Å². The van der Waals surface area contributed by atoms with E-state index in [1.165, 1.54) is 5.56 Å². The number of nitrogens with one attached hydrogen (secondary N) is 2. The number of imide groups is 1. The molecule has 1 aliphatic heterocycles. The van der Waals surface area contributed by atoms with Crippen LogP contribution < -0.4 is 15.4 Å². The fraction of sp³-hybridized carbons (Fsp3) is 0.467. The SMILES string of the molecule is COc1cc(C(C)C)ccc1NC1CCC(=O)NC1=O. The minimum Gasteiger partial charge on any atom is -0.495 e. The van der Waals surface area contributed by atoms with Gasteiger partial charge in [-0.05, 0) is 30.0 Å². The number of ether oxygens (including phenoxy) is 1. The van der Waals surface area contributed by atoms with Crippen molar-refractivity contribution in [2.45, 2.75) is 38.6 Å². The quantitative estimate of drug-likeness (QED) is 0.826. The summed E-state index contributed by atoms with van der Waals surface area (Å²) in [5.41, 5.74) is 1.95. The molecule has 0 aromatic heterocycles. The molecule has 0 spiro atoms. The second-order valence-electron chi connectivity index (χ2n) is 5.26. The molecule has 2 N–H and O–H groups in total. The molecule has 2 rings (SSSR count). The molecule has 108 valence electrons. The van der Waals surface area contributed by atoms with Gasteiger partial charge in [0.15, 0.2) is 0 Å². The molecule has 1 heterocycles. The zero-order valence-electron chi connectivity index (χ0n) is 12.0. The van der Waals surface area contributed by atoms with E-state index in [9.17, 15) is 9.59 Å². The van der Waals surface area contributed by atoms with E-state index in [-0.39, 0.29) is 11.8 Å². The van der Waals surface area contributed by atoms with Crippen LogP contribution in [0.2, 0.25) is 0 Å². The van der Waals surface area contributed by atoms with E-state index in [0.717, 1.165) is 5.69 Å². The van der Waals surface area contributed by atoms with Gasteiger partial charge in [-0.2, -0.15) is 0 Å². The number of amides is 2. The maximum absolute atomic E-state index is 11.7. The normalized spacial score (nSPS) is 18.9. The summed E-state index contributed by atoms with van der Waals surface area (Å²) in [6.45, 7) is 4.23. The number of benzene rings is 1. The third kappa shape index (κ3) is 3.10. The highest BCUT2D eigenvalue weighted by Crippen LogP contribution is 2.30. The third-order valence-corrected chi connectivity index (χ3v) is 3.46. The summed E-state index contributed by atoms with van der Waals surface area (Å²) < 4.78 is 5.37. The van der Waals surface area contributed by atoms with Crippen molar-refractivity contribution in [3.63, 3.8) is 0 Å². The molecule has 5 nitrogen and oxygen atoms in total. The van der Waals surface area contributed by atoms with Crippen LogP contribution in [0.5, 0.6) is 5.75 Å². The highest BCUT2D eigenvalue weighted by molar-refractivity contribution is 6.01. The Labute approximate surface area is 118 Å². The van der Waals surface area contributed by atoms with E-state index < -0.39 is 6.04 Å². The lowest BCUT2D eigenvalue weighted by atomic mass is 10.0. The van der Waals surface area contributed by atoms with Crippen molar-refractivity contribution in [1.29, 1.82) is 0 Å². The Balaban J connectivity index is 2.16. The summed E-state index contributed by atoms with van der Waals surface area (Å²) in [5.74, 6) is 0.626. The number of rotatable bonds is 4. The second kappa shape index (κ2) is 5.94. The highest BCUT2D eigenvalue weighted by atomic mass is 16.5. The van der Waals surface area contributed by atoms with Gasteiger partial charge in [-0.25, -0.2) is 0 Å². The Morgan fingerprint density at radius 3 is 2.70 bits per heavy atom. The highest BCUT2D eigenvalue weighted by Gasteiger charge is 2.27. The minimum atomic E-state index is -0.397. The zero-order valence-corrected chi connectivity index (χ0v) is 12.0. The van der Waals surface area contributed by atoms with Gasteiger partial charge >= 0.3 is 0 Å². The smallest absolute Gasteiger partial charge is 0.249 e. The first-order valence-electron chi connectivity index (χ1n) is 6.79. The predicted octanol–water partition coefficient (Wildman–Crippen LogP) is 2.04. The number of piperidine rings is 1. The molecule has 20 heavy (non-hydrogen) atoms. The fourth-order valence-corrected chi connectivity index (χ4v) is 2.21. The van der Waals surface area contributed by atoms with Gasteiger partial charge < -0.3 is 10.1 Å². The van der Waals surface area contributed by atoms with Crippen LogP contribution in [0, 0.1) is 0 Å². The van der Waals surface area contributed by atoms with Crippen molar-refractivity contribution in [3.8, 4) is 5.75 Å². The van der Waals surface area contributed by atoms with Crippen LogP contribution in [0.4, 0.5) is 5.69 Å². The molecule has 1 aromatic carbocycles. The number of hydrogen-bond donors (Lipinski definition) is 2. The fourth-order valence-electron chi connectivity index (χ4n) is 2.21. The minimum absolute atomic E-state index is 0.213. The van der Waals surface area contributed by atoms with Gasteiger partial charge in [0.2, 0.25) is 11.8 Å². The lowest BCUT2D eigenvalue weighted by Gasteiger charge is -2.24. The zero-order chi connectivity index (χ0) is 14.7. The number of anilines is 1. The number of carbonyl (C=O) groups is 2. The first-order valence-corrected chi connectivity index (χ1v) is 6.79. The molecule has 2 amide bonds. The summed E-state index contributed by atoms with van der Waals surface area (Å²) in [6.07, 6.45) is 0.857. The first-order chi connectivity index (χ1) is 9.51. The molecule has 1 aliphatic rings. The largest absolute Gasteiger partial charge is 0.495 e. The standard InChI is InChI=1S/C15H20N2O3/c1-9(2)10-4-5-11(13(8-10)20-3)16-12-6-7-14(18)17-15(12)19/h4-5,8-9,12,16H,6-7H2,1-3H3,(H,17,18,19). The van der Waals surface area contributed by atoms with Gasteiger partial charge in [-0.1, -0.05) is 19.9 Å². The first kappa shape index (κ1) is 14.4. The summed E-state index contributed by atoms with van der Waals surface area (Å²) >= 11 is 0. The van der Waals surface area contributed by atoms with Crippen LogP contribution in [0.3, 0.4) is 0 Å². The van der Waals surface area contributed by atoms with E-state index in [4.69, 9.17) is 4.74 Å². The van der Waals surface area contributed by atoms with Crippen molar-refractivity contribution in [3.05, 3.63) is 23.8 Å². The van der Waals surface area contributed by atoms with Gasteiger partial charge in [-0.15, -0.1) is 0 Å². The molecule has 1 aromatic rings. The van der Waals surface area contributed by atoms with Crippen LogP contribution >= 0.6 is 0 Å². The average molecular weight is 276 g/mol. The van der Waals surface area contributed by atoms with Gasteiger partial charge in [0.25, 0.3) is 0 Å². The van der Waals surface area contributed by atoms with E-state index in [1.807, 2.05) is 18.2 Å². The number of methoxy groups -OCH3 is 1. The Morgan fingerprint density at radius 2 is 2.10 bits per heavy atom. The Hall–Kier alpha value is -2.04. The molecular formula is C15H20N2O3. The molecule has 1 saturated heterocycles. The summed E-state index contributed by atoms with van der Waals surface area (Å²) in [6, 6.07) is 5.50. The average Bonchev–Trinajstić information content (AvgIpc) is 2.42. The monoisotopic (exact) mass is 276 g/mol. The Morgan fingerprint density at radius 1 is 1.35 bits per heavy atom. The van der Waals surface area contributed by atoms with Crippen LogP contribution in [-0.2, 0) is 9.59 Å². The van der Waals surface area contributed by atoms with Crippen molar-refractivity contribution in [2.24, 2.45) is 0 Å². The van der Waals surface area contributed by atoms with Gasteiger partial charge in [0.05, 0.1) is 12.8 Å². The molecule has 5 heteroatoms. The molecule has 0 radical (unpaired) electrons. The molecule has 0 aliphatic carbocycles. The van der Waals surface area contributed by atoms with Crippen LogP contribution in [-0.4, -0.2) is 25.0 Å². The maximum atomic E-state index is 11.7. The second-order valence-corrected chi connectivity index (χ2v) is 5.26. The lowest BCUT2D eigenvalue weighted by Crippen LogP contribution is -2.47. The van der Waals surface area contributed by atoms with Crippen molar-refractivity contribution in [1.82, 2.24) is 5.32 Å². The third-order valence-electron chi connectivity index (χ3n) is 3.46. The van der Waals surface area contributed by atoms with Crippen LogP contribution in [0.1, 0.15) is 38.2 Å². The molecule has 0 saturated carbocycles. The number of carbonyl (C=O) groups excluding carboxylic acids is 2. The van der Waals surface area contributed by atoms with Gasteiger partial charge in [0.1, 0.15) is 11.8 Å². The van der Waals surface area contributed by atoms with E-state index >= 15 is 0 Å². The Kier molecular flexibility index (Phi) is 4.27. The van der Waals surface area contributed by atoms with Gasteiger partial charge in [0, 0.05) is 6.42 Å². The molecule has 1 fully saturated rings. The molecule has 1 atom stereocenters. The predicted molar refractivity (Wildman–Crippen MR) is 76.9 cm³/mol. The summed E-state index contributed by atoms with van der Waals surface area (Å²) in [4.78, 5) is 22.9. The van der Waals surface area contributed by atoms with Crippen molar-refractivity contribution >= 4 is 17.5 Å². The van der Waals surface area contributed by atoms with E-state index in [1.54, 1.807) is 7.11 Å². The van der Waals surface area contributed by atoms with Crippen molar-refractivity contribution in [2.75, 3.05) is 12.4 Å². The maximum Gasteiger partial charge on any atom is 0.249 e. The van der Waals surface area contributed by atoms with Crippen LogP contribution in [0.15, 0.2) is 18.2 Å². The topological polar surface area (TPSA) is 67.4 Å². The molecule has 1 unspecified atom stereocenters. The van der Waals surface area contributed by atoms with Gasteiger partial charge in [-0.3, -0.25) is 14.9 Å². The summed E-state index contributed by atoms with van der Waals surface area (Å²) in [7, 11) is 1.61. The lowest BCUT2D eigenvalue weighted by molar-refractivity contribution is -0.133. The van der Waals surface area contributed by atoms with Crippen molar-refractivity contribution < 1.29 is 14.3 Å². The molecular weight excluding hydrogens is 256 g/mol. The van der Waals surface area contributed by atoms with E-state index in [0.29, 0.717) is 24.5 Å². The molecule has 0 bridgehead atoms. The Bertz CT molecular complexity index is 526. The van der Waals surface area contributed by atoms with E-state index in [2.05, 4.69) is 24.5 Å². The summed E-state index contributed by atoms with van der Waals surface area (Å²) in [5, 5.41) is 5.48. The number of hydrogen-bond acceptors (Lipinski definition) is 4.